The molecule has 0 saturated carbocycles. The molecular formula is C19H16N4O3. The summed E-state index contributed by atoms with van der Waals surface area (Å²) in [5, 5.41) is 8.43. The van der Waals surface area contributed by atoms with Gasteiger partial charge in [-0.15, -0.1) is 5.10 Å². The maximum absolute atomic E-state index is 11.3. The number of aromatic nitrogens is 3. The van der Waals surface area contributed by atoms with E-state index in [4.69, 9.17) is 9.15 Å². The molecule has 0 aliphatic carbocycles. The highest BCUT2D eigenvalue weighted by molar-refractivity contribution is 5.82. The van der Waals surface area contributed by atoms with Crippen molar-refractivity contribution in [3.63, 3.8) is 0 Å². The number of fused-ring (bicyclic) bond motifs is 2. The zero-order valence-corrected chi connectivity index (χ0v) is 13.9. The van der Waals surface area contributed by atoms with Crippen LogP contribution in [0.1, 0.15) is 12.8 Å². The average molecular weight is 348 g/mol. The number of hydrogen-bond donors (Lipinski definition) is 1. The summed E-state index contributed by atoms with van der Waals surface area (Å²) in [6, 6.07) is 13.5. The molecule has 0 spiro atoms. The largest absolute Gasteiger partial charge is 0.474 e. The molecule has 4 heterocycles. The summed E-state index contributed by atoms with van der Waals surface area (Å²) in [4.78, 5) is 15.7. The molecule has 3 aromatic heterocycles. The van der Waals surface area contributed by atoms with E-state index in [1.54, 1.807) is 16.8 Å². The first kappa shape index (κ1) is 14.9. The summed E-state index contributed by atoms with van der Waals surface area (Å²) < 4.78 is 13.4. The van der Waals surface area contributed by atoms with Gasteiger partial charge in [0.25, 0.3) is 0 Å². The average Bonchev–Trinajstić information content (AvgIpc) is 3.36. The number of benzene rings is 1. The van der Waals surface area contributed by atoms with Gasteiger partial charge in [-0.2, -0.15) is 0 Å². The molecule has 1 fully saturated rings. The zero-order valence-electron chi connectivity index (χ0n) is 13.9. The second-order valence-electron chi connectivity index (χ2n) is 6.35. The first-order valence-corrected chi connectivity index (χ1v) is 8.52. The summed E-state index contributed by atoms with van der Waals surface area (Å²) in [5.41, 5.74) is 2.29. The van der Waals surface area contributed by atoms with Gasteiger partial charge >= 0.3 is 0 Å². The minimum Gasteiger partial charge on any atom is -0.474 e. The molecule has 1 N–H and O–H groups in total. The quantitative estimate of drug-likeness (QED) is 0.613. The minimum atomic E-state index is 0.0395. The van der Waals surface area contributed by atoms with E-state index in [9.17, 15) is 4.79 Å². The molecule has 1 saturated heterocycles. The normalized spacial score (nSPS) is 17.1. The van der Waals surface area contributed by atoms with E-state index in [-0.39, 0.29) is 11.9 Å². The molecule has 1 aromatic carbocycles. The molecule has 4 aromatic rings. The third-order valence-corrected chi connectivity index (χ3v) is 4.53. The number of ether oxygens (including phenoxy) is 1. The van der Waals surface area contributed by atoms with E-state index >= 15 is 0 Å². The van der Waals surface area contributed by atoms with Crippen molar-refractivity contribution in [3.05, 3.63) is 48.7 Å². The van der Waals surface area contributed by atoms with Crippen molar-refractivity contribution >= 4 is 22.5 Å². The van der Waals surface area contributed by atoms with E-state index in [0.717, 1.165) is 23.1 Å². The lowest BCUT2D eigenvalue weighted by molar-refractivity contribution is -0.119. The fourth-order valence-electron chi connectivity index (χ4n) is 3.20. The molecule has 0 radical (unpaired) electrons. The van der Waals surface area contributed by atoms with Crippen LogP contribution in [-0.2, 0) is 4.79 Å². The molecular weight excluding hydrogens is 332 g/mol. The predicted molar refractivity (Wildman–Crippen MR) is 94.9 cm³/mol. The van der Waals surface area contributed by atoms with E-state index in [1.807, 2.05) is 36.4 Å². The Labute approximate surface area is 148 Å². The van der Waals surface area contributed by atoms with Crippen molar-refractivity contribution in [1.82, 2.24) is 19.9 Å². The van der Waals surface area contributed by atoms with Crippen LogP contribution in [0.15, 0.2) is 53.1 Å². The third-order valence-electron chi connectivity index (χ3n) is 4.53. The number of furan rings is 1. The standard InChI is InChI=1S/C19H16N4O3/c24-18-7-5-13(21-18)11-25-19-8-6-17-20-10-14(23(17)22-19)16-9-12-3-1-2-4-15(12)26-16/h1-4,6,8-10,13H,5,7,11H2,(H,21,24). The lowest BCUT2D eigenvalue weighted by Gasteiger charge is -2.11. The van der Waals surface area contributed by atoms with Crippen LogP contribution in [0, 0.1) is 0 Å². The Morgan fingerprint density at radius 2 is 2.19 bits per heavy atom. The summed E-state index contributed by atoms with van der Waals surface area (Å²) in [5.74, 6) is 1.25. The number of carbonyl (C=O) groups excluding carboxylic acids is 1. The lowest BCUT2D eigenvalue weighted by Crippen LogP contribution is -2.31. The molecule has 5 rings (SSSR count). The van der Waals surface area contributed by atoms with Gasteiger partial charge in [0.05, 0.1) is 12.2 Å². The van der Waals surface area contributed by atoms with E-state index < -0.39 is 0 Å². The van der Waals surface area contributed by atoms with Crippen molar-refractivity contribution in [2.24, 2.45) is 0 Å². The number of nitrogens with zero attached hydrogens (tertiary/aromatic N) is 3. The Balaban J connectivity index is 1.46. The third kappa shape index (κ3) is 2.57. The van der Waals surface area contributed by atoms with Crippen molar-refractivity contribution in [2.45, 2.75) is 18.9 Å². The summed E-state index contributed by atoms with van der Waals surface area (Å²) in [7, 11) is 0. The molecule has 7 nitrogen and oxygen atoms in total. The highest BCUT2D eigenvalue weighted by Crippen LogP contribution is 2.28. The smallest absolute Gasteiger partial charge is 0.231 e. The number of hydrogen-bond acceptors (Lipinski definition) is 5. The molecule has 7 heteroatoms. The number of imidazole rings is 1. The molecule has 1 aliphatic rings. The molecule has 0 bridgehead atoms. The fraction of sp³-hybridized carbons (Fsp3) is 0.211. The Hall–Kier alpha value is -3.35. The maximum Gasteiger partial charge on any atom is 0.231 e. The van der Waals surface area contributed by atoms with Crippen LogP contribution in [0.3, 0.4) is 0 Å². The molecule has 1 unspecified atom stereocenters. The monoisotopic (exact) mass is 348 g/mol. The van der Waals surface area contributed by atoms with Gasteiger partial charge in [-0.25, -0.2) is 9.50 Å². The predicted octanol–water partition coefficient (Wildman–Crippen LogP) is 2.80. The summed E-state index contributed by atoms with van der Waals surface area (Å²) >= 11 is 0. The first-order chi connectivity index (χ1) is 12.8. The van der Waals surface area contributed by atoms with Gasteiger partial charge in [-0.3, -0.25) is 4.79 Å². The van der Waals surface area contributed by atoms with E-state index in [0.29, 0.717) is 30.3 Å². The van der Waals surface area contributed by atoms with Crippen molar-refractivity contribution < 1.29 is 13.9 Å². The van der Waals surface area contributed by atoms with Crippen LogP contribution in [-0.4, -0.2) is 33.2 Å². The Morgan fingerprint density at radius 3 is 3.04 bits per heavy atom. The number of para-hydroxylation sites is 1. The maximum atomic E-state index is 11.3. The Morgan fingerprint density at radius 1 is 1.27 bits per heavy atom. The number of carbonyl (C=O) groups is 1. The highest BCUT2D eigenvalue weighted by Gasteiger charge is 2.21. The molecule has 130 valence electrons. The Bertz CT molecular complexity index is 1080. The number of nitrogens with one attached hydrogen (secondary N) is 1. The number of amides is 1. The van der Waals surface area contributed by atoms with Gasteiger partial charge in [0.15, 0.2) is 11.4 Å². The highest BCUT2D eigenvalue weighted by atomic mass is 16.5. The Kier molecular flexibility index (Phi) is 3.38. The van der Waals surface area contributed by atoms with Gasteiger partial charge in [-0.05, 0) is 24.6 Å². The zero-order chi connectivity index (χ0) is 17.5. The van der Waals surface area contributed by atoms with Crippen molar-refractivity contribution in [3.8, 4) is 17.3 Å². The second kappa shape index (κ2) is 5.87. The van der Waals surface area contributed by atoms with Crippen molar-refractivity contribution in [1.29, 1.82) is 0 Å². The van der Waals surface area contributed by atoms with Crippen LogP contribution < -0.4 is 10.1 Å². The van der Waals surface area contributed by atoms with E-state index in [1.165, 1.54) is 0 Å². The van der Waals surface area contributed by atoms with Gasteiger partial charge < -0.3 is 14.5 Å². The van der Waals surface area contributed by atoms with Crippen LogP contribution in [0.2, 0.25) is 0 Å². The lowest BCUT2D eigenvalue weighted by atomic mass is 10.2. The molecule has 1 aliphatic heterocycles. The number of rotatable bonds is 4. The molecule has 26 heavy (non-hydrogen) atoms. The minimum absolute atomic E-state index is 0.0395. The van der Waals surface area contributed by atoms with Crippen LogP contribution in [0.4, 0.5) is 0 Å². The first-order valence-electron chi connectivity index (χ1n) is 8.52. The SMILES string of the molecule is O=C1CCC(COc2ccc3ncc(-c4cc5ccccc5o4)n3n2)N1. The fourth-order valence-corrected chi connectivity index (χ4v) is 3.20. The van der Waals surface area contributed by atoms with Gasteiger partial charge in [0, 0.05) is 17.9 Å². The van der Waals surface area contributed by atoms with Gasteiger partial charge in [0.2, 0.25) is 11.8 Å². The van der Waals surface area contributed by atoms with E-state index in [2.05, 4.69) is 15.4 Å². The van der Waals surface area contributed by atoms with Crippen LogP contribution in [0.5, 0.6) is 5.88 Å². The molecule has 1 amide bonds. The molecule has 1 atom stereocenters. The second-order valence-corrected chi connectivity index (χ2v) is 6.35. The van der Waals surface area contributed by atoms with Gasteiger partial charge in [0.1, 0.15) is 17.9 Å². The van der Waals surface area contributed by atoms with Gasteiger partial charge in [-0.1, -0.05) is 18.2 Å². The van der Waals surface area contributed by atoms with Crippen LogP contribution in [0.25, 0.3) is 28.1 Å². The summed E-state index contributed by atoms with van der Waals surface area (Å²) in [6.07, 6.45) is 3.08. The van der Waals surface area contributed by atoms with Crippen LogP contribution >= 0.6 is 0 Å². The summed E-state index contributed by atoms with van der Waals surface area (Å²) in [6.45, 7) is 0.402. The topological polar surface area (TPSA) is 81.7 Å². The van der Waals surface area contributed by atoms with Crippen molar-refractivity contribution in [2.75, 3.05) is 6.61 Å².